The number of carbonyl (C=O) groups excluding carboxylic acids is 1. The monoisotopic (exact) mass is 323 g/mol. The number of carbonyl (C=O) groups is 1. The van der Waals surface area contributed by atoms with Gasteiger partial charge in [-0.3, -0.25) is 0 Å². The molecule has 0 aliphatic carbocycles. The Morgan fingerprint density at radius 1 is 1.30 bits per heavy atom. The Hall–Kier alpha value is -2.91. The van der Waals surface area contributed by atoms with Gasteiger partial charge in [-0.2, -0.15) is 10.4 Å². The molecule has 1 aromatic carbocycles. The molecule has 0 aliphatic heterocycles. The van der Waals surface area contributed by atoms with Gasteiger partial charge >= 0.3 is 5.97 Å². The van der Waals surface area contributed by atoms with Gasteiger partial charge in [-0.1, -0.05) is 24.3 Å². The summed E-state index contributed by atoms with van der Waals surface area (Å²) in [5.41, 5.74) is 1.75. The molecule has 6 heteroatoms. The molecule has 0 N–H and O–H groups in total. The van der Waals surface area contributed by atoms with Crippen LogP contribution in [0.5, 0.6) is 0 Å². The van der Waals surface area contributed by atoms with Crippen LogP contribution in [-0.2, 0) is 4.74 Å². The van der Waals surface area contributed by atoms with Crippen LogP contribution in [0.4, 0.5) is 0 Å². The fourth-order valence-corrected chi connectivity index (χ4v) is 2.81. The second-order valence-electron chi connectivity index (χ2n) is 4.83. The number of hydrogen-bond acceptors (Lipinski definition) is 5. The van der Waals surface area contributed by atoms with Crippen molar-refractivity contribution < 1.29 is 9.53 Å². The van der Waals surface area contributed by atoms with Gasteiger partial charge in [-0.05, 0) is 30.5 Å². The Labute approximate surface area is 137 Å². The Morgan fingerprint density at radius 3 is 2.74 bits per heavy atom. The van der Waals surface area contributed by atoms with Gasteiger partial charge in [0.15, 0.2) is 6.10 Å². The summed E-state index contributed by atoms with van der Waals surface area (Å²) in [5, 5.41) is 15.3. The summed E-state index contributed by atoms with van der Waals surface area (Å²) in [6.45, 7) is 1.53. The van der Waals surface area contributed by atoms with Crippen LogP contribution in [-0.4, -0.2) is 21.9 Å². The fourth-order valence-electron chi connectivity index (χ4n) is 2.08. The molecule has 3 rings (SSSR count). The van der Waals surface area contributed by atoms with E-state index in [0.717, 1.165) is 10.6 Å². The summed E-state index contributed by atoms with van der Waals surface area (Å²) in [7, 11) is 0. The molecule has 0 bridgehead atoms. The van der Waals surface area contributed by atoms with Crippen LogP contribution in [0.1, 0.15) is 17.3 Å². The second kappa shape index (κ2) is 6.46. The number of aromatic nitrogens is 2. The first-order valence-corrected chi connectivity index (χ1v) is 7.86. The van der Waals surface area contributed by atoms with Crippen molar-refractivity contribution in [2.45, 2.75) is 13.0 Å². The normalized spacial score (nSPS) is 11.7. The molecule has 0 fully saturated rings. The quantitative estimate of drug-likeness (QED) is 0.687. The summed E-state index contributed by atoms with van der Waals surface area (Å²) in [4.78, 5) is 13.2. The lowest BCUT2D eigenvalue weighted by Gasteiger charge is -2.04. The highest BCUT2D eigenvalue weighted by molar-refractivity contribution is 7.13. The SMILES string of the molecule is C[C@@H](C#N)OC(=O)c1cn(-c2ccccc2)nc1-c1cccs1. The van der Waals surface area contributed by atoms with Gasteiger partial charge in [0.2, 0.25) is 0 Å². The van der Waals surface area contributed by atoms with Gasteiger partial charge in [-0.15, -0.1) is 11.3 Å². The fraction of sp³-hybridized carbons (Fsp3) is 0.118. The molecule has 1 atom stereocenters. The van der Waals surface area contributed by atoms with E-state index in [1.807, 2.05) is 53.9 Å². The minimum Gasteiger partial charge on any atom is -0.444 e. The zero-order valence-corrected chi connectivity index (χ0v) is 13.2. The van der Waals surface area contributed by atoms with Crippen molar-refractivity contribution in [1.29, 1.82) is 5.26 Å². The average molecular weight is 323 g/mol. The van der Waals surface area contributed by atoms with Crippen molar-refractivity contribution in [2.24, 2.45) is 0 Å². The molecular weight excluding hydrogens is 310 g/mol. The number of hydrogen-bond donors (Lipinski definition) is 0. The van der Waals surface area contributed by atoms with Crippen molar-refractivity contribution >= 4 is 17.3 Å². The first kappa shape index (κ1) is 15.0. The third-order valence-corrected chi connectivity index (χ3v) is 4.05. The number of nitriles is 1. The Bertz CT molecular complexity index is 848. The van der Waals surface area contributed by atoms with Crippen LogP contribution in [0.15, 0.2) is 54.0 Å². The van der Waals surface area contributed by atoms with Crippen LogP contribution in [0, 0.1) is 11.3 Å². The van der Waals surface area contributed by atoms with Gasteiger partial charge in [-0.25, -0.2) is 9.48 Å². The maximum atomic E-state index is 12.4. The topological polar surface area (TPSA) is 67.9 Å². The van der Waals surface area contributed by atoms with E-state index in [-0.39, 0.29) is 0 Å². The first-order valence-electron chi connectivity index (χ1n) is 6.98. The number of esters is 1. The zero-order valence-electron chi connectivity index (χ0n) is 12.3. The Balaban J connectivity index is 2.05. The van der Waals surface area contributed by atoms with E-state index < -0.39 is 12.1 Å². The molecule has 0 radical (unpaired) electrons. The van der Waals surface area contributed by atoms with Gasteiger partial charge in [0, 0.05) is 6.20 Å². The molecule has 0 saturated carbocycles. The molecule has 0 aliphatic rings. The van der Waals surface area contributed by atoms with Crippen LogP contribution >= 0.6 is 11.3 Å². The molecule has 114 valence electrons. The van der Waals surface area contributed by atoms with E-state index in [1.165, 1.54) is 18.3 Å². The van der Waals surface area contributed by atoms with Crippen molar-refractivity contribution in [2.75, 3.05) is 0 Å². The lowest BCUT2D eigenvalue weighted by molar-refractivity contribution is 0.0436. The third-order valence-electron chi connectivity index (χ3n) is 3.18. The maximum absolute atomic E-state index is 12.4. The number of para-hydroxylation sites is 1. The van der Waals surface area contributed by atoms with Crippen LogP contribution in [0.2, 0.25) is 0 Å². The van der Waals surface area contributed by atoms with E-state index >= 15 is 0 Å². The number of rotatable bonds is 4. The highest BCUT2D eigenvalue weighted by Gasteiger charge is 2.22. The van der Waals surface area contributed by atoms with E-state index in [9.17, 15) is 4.79 Å². The van der Waals surface area contributed by atoms with Crippen LogP contribution < -0.4 is 0 Å². The molecule has 5 nitrogen and oxygen atoms in total. The van der Waals surface area contributed by atoms with Crippen molar-refractivity contribution in [3.63, 3.8) is 0 Å². The number of ether oxygens (including phenoxy) is 1. The van der Waals surface area contributed by atoms with E-state index in [4.69, 9.17) is 10.00 Å². The smallest absolute Gasteiger partial charge is 0.343 e. The summed E-state index contributed by atoms with van der Waals surface area (Å²) in [5.74, 6) is -0.551. The largest absolute Gasteiger partial charge is 0.444 e. The minimum absolute atomic E-state index is 0.346. The second-order valence-corrected chi connectivity index (χ2v) is 5.77. The predicted octanol–water partition coefficient (Wildman–Crippen LogP) is 3.67. The van der Waals surface area contributed by atoms with Crippen LogP contribution in [0.3, 0.4) is 0 Å². The summed E-state index contributed by atoms with van der Waals surface area (Å²) < 4.78 is 6.77. The molecule has 0 spiro atoms. The van der Waals surface area contributed by atoms with E-state index in [2.05, 4.69) is 5.10 Å². The van der Waals surface area contributed by atoms with Crippen molar-refractivity contribution in [3.8, 4) is 22.3 Å². The van der Waals surface area contributed by atoms with E-state index in [0.29, 0.717) is 11.3 Å². The van der Waals surface area contributed by atoms with Gasteiger partial charge < -0.3 is 4.74 Å². The molecule has 2 heterocycles. The molecule has 23 heavy (non-hydrogen) atoms. The summed E-state index contributed by atoms with van der Waals surface area (Å²) >= 11 is 1.49. The summed E-state index contributed by atoms with van der Waals surface area (Å²) in [6.07, 6.45) is 0.829. The molecule has 0 amide bonds. The lowest BCUT2D eigenvalue weighted by atomic mass is 10.2. The highest BCUT2D eigenvalue weighted by atomic mass is 32.1. The minimum atomic E-state index is -0.807. The number of benzene rings is 1. The maximum Gasteiger partial charge on any atom is 0.343 e. The standard InChI is InChI=1S/C17H13N3O2S/c1-12(10-18)22-17(21)14-11-20(13-6-3-2-4-7-13)19-16(14)15-8-5-9-23-15/h2-9,11-12H,1H3/t12-/m0/s1. The third kappa shape index (κ3) is 3.15. The average Bonchev–Trinajstić information content (AvgIpc) is 3.24. The lowest BCUT2D eigenvalue weighted by Crippen LogP contribution is -2.13. The van der Waals surface area contributed by atoms with E-state index in [1.54, 1.807) is 10.9 Å². The van der Waals surface area contributed by atoms with Gasteiger partial charge in [0.25, 0.3) is 0 Å². The zero-order chi connectivity index (χ0) is 16.2. The van der Waals surface area contributed by atoms with Crippen LogP contribution in [0.25, 0.3) is 16.3 Å². The number of nitrogens with zero attached hydrogens (tertiary/aromatic N) is 3. The Morgan fingerprint density at radius 2 is 2.09 bits per heavy atom. The number of thiophene rings is 1. The highest BCUT2D eigenvalue weighted by Crippen LogP contribution is 2.28. The molecule has 2 aromatic heterocycles. The predicted molar refractivity (Wildman–Crippen MR) is 87.4 cm³/mol. The molecule has 0 saturated heterocycles. The molecule has 0 unspecified atom stereocenters. The van der Waals surface area contributed by atoms with Gasteiger partial charge in [0.1, 0.15) is 17.3 Å². The van der Waals surface area contributed by atoms with Crippen molar-refractivity contribution in [3.05, 3.63) is 59.6 Å². The molecule has 3 aromatic rings. The Kier molecular flexibility index (Phi) is 4.22. The van der Waals surface area contributed by atoms with Gasteiger partial charge in [0.05, 0.1) is 10.6 Å². The summed E-state index contributed by atoms with van der Waals surface area (Å²) in [6, 6.07) is 15.2. The first-order chi connectivity index (χ1) is 11.2. The van der Waals surface area contributed by atoms with Crippen molar-refractivity contribution in [1.82, 2.24) is 9.78 Å². The molecular formula is C17H13N3O2S.